The van der Waals surface area contributed by atoms with Crippen LogP contribution in [0.25, 0.3) is 10.9 Å². The van der Waals surface area contributed by atoms with Gasteiger partial charge in [0.15, 0.2) is 0 Å². The largest absolute Gasteiger partial charge is 0.373 e. The summed E-state index contributed by atoms with van der Waals surface area (Å²) in [6.07, 6.45) is 5.60. The third kappa shape index (κ3) is 3.36. The molecular formula is C24H31N3O. The van der Waals surface area contributed by atoms with Crippen molar-refractivity contribution < 1.29 is 4.74 Å². The van der Waals surface area contributed by atoms with Crippen molar-refractivity contribution in [2.24, 2.45) is 11.8 Å². The topological polar surface area (TPSA) is 41.1 Å². The van der Waals surface area contributed by atoms with Crippen molar-refractivity contribution in [2.75, 3.05) is 20.7 Å². The number of ether oxygens (including phenoxy) is 1. The van der Waals surface area contributed by atoms with Crippen LogP contribution in [0.15, 0.2) is 54.7 Å². The van der Waals surface area contributed by atoms with Gasteiger partial charge in [0.25, 0.3) is 0 Å². The summed E-state index contributed by atoms with van der Waals surface area (Å²) in [5.74, 6) is 0.900. The van der Waals surface area contributed by atoms with Crippen LogP contribution in [0.4, 0.5) is 0 Å². The second kappa shape index (κ2) is 8.06. The van der Waals surface area contributed by atoms with Gasteiger partial charge < -0.3 is 9.64 Å². The zero-order valence-corrected chi connectivity index (χ0v) is 17.2. The molecule has 0 amide bonds. The van der Waals surface area contributed by atoms with Crippen molar-refractivity contribution in [1.82, 2.24) is 15.1 Å². The lowest BCUT2D eigenvalue weighted by Gasteiger charge is -2.49. The van der Waals surface area contributed by atoms with Crippen molar-refractivity contribution in [2.45, 2.75) is 38.3 Å². The molecule has 3 aromatic rings. The van der Waals surface area contributed by atoms with Gasteiger partial charge >= 0.3 is 0 Å². The molecule has 28 heavy (non-hydrogen) atoms. The highest BCUT2D eigenvalue weighted by molar-refractivity contribution is 5.82. The van der Waals surface area contributed by atoms with Crippen LogP contribution in [0, 0.1) is 11.8 Å². The van der Waals surface area contributed by atoms with Gasteiger partial charge in [-0.05, 0) is 43.0 Å². The Labute approximate surface area is 167 Å². The number of hydrogen-bond donors (Lipinski definition) is 1. The van der Waals surface area contributed by atoms with Crippen molar-refractivity contribution in [3.8, 4) is 0 Å². The van der Waals surface area contributed by atoms with E-state index in [1.165, 1.54) is 35.8 Å². The van der Waals surface area contributed by atoms with Crippen molar-refractivity contribution in [1.29, 1.82) is 0 Å². The van der Waals surface area contributed by atoms with Gasteiger partial charge in [-0.25, -0.2) is 0 Å². The quantitative estimate of drug-likeness (QED) is 0.659. The minimum absolute atomic E-state index is 0.285. The molecule has 0 spiro atoms. The minimum Gasteiger partial charge on any atom is -0.373 e. The van der Waals surface area contributed by atoms with E-state index in [2.05, 4.69) is 77.6 Å². The number of aromatic nitrogens is 2. The maximum absolute atomic E-state index is 6.45. The number of methoxy groups -OCH3 is 1. The summed E-state index contributed by atoms with van der Waals surface area (Å²) >= 11 is 0. The molecule has 1 heterocycles. The van der Waals surface area contributed by atoms with E-state index >= 15 is 0 Å². The van der Waals surface area contributed by atoms with E-state index in [-0.39, 0.29) is 5.60 Å². The van der Waals surface area contributed by atoms with Gasteiger partial charge in [-0.1, -0.05) is 55.8 Å². The lowest BCUT2D eigenvalue weighted by atomic mass is 9.64. The van der Waals surface area contributed by atoms with Crippen LogP contribution in [0.1, 0.15) is 37.3 Å². The van der Waals surface area contributed by atoms with Gasteiger partial charge in [0, 0.05) is 31.5 Å². The molecule has 2 aromatic carbocycles. The van der Waals surface area contributed by atoms with Crippen LogP contribution in [-0.2, 0) is 16.9 Å². The standard InChI is InChI=1S/C24H31N3O/c1-18-9-7-12-20(17-27(2)16-19-10-5-4-6-11-19)24(18,28-3)22-13-8-14-23-21(22)15-25-26-23/h4-6,8,10-11,13-15,18,20H,7,9,12,16-17H2,1-3H3,(H,25,26). The zero-order valence-electron chi connectivity index (χ0n) is 17.2. The second-order valence-corrected chi connectivity index (χ2v) is 8.35. The molecule has 0 saturated heterocycles. The first-order valence-corrected chi connectivity index (χ1v) is 10.4. The predicted octanol–water partition coefficient (Wildman–Crippen LogP) is 4.97. The first kappa shape index (κ1) is 19.2. The summed E-state index contributed by atoms with van der Waals surface area (Å²) in [6.45, 7) is 4.33. The van der Waals surface area contributed by atoms with Gasteiger partial charge in [0.05, 0.1) is 17.3 Å². The van der Waals surface area contributed by atoms with Gasteiger partial charge in [-0.2, -0.15) is 5.10 Å². The molecule has 4 heteroatoms. The van der Waals surface area contributed by atoms with Gasteiger partial charge in [-0.15, -0.1) is 0 Å². The van der Waals surface area contributed by atoms with E-state index in [1.807, 2.05) is 13.3 Å². The first-order valence-electron chi connectivity index (χ1n) is 10.4. The van der Waals surface area contributed by atoms with E-state index in [0.717, 1.165) is 18.6 Å². The Hall–Kier alpha value is -2.17. The maximum Gasteiger partial charge on any atom is 0.1000 e. The Morgan fingerprint density at radius 3 is 2.75 bits per heavy atom. The molecule has 1 saturated carbocycles. The normalized spacial score (nSPS) is 25.4. The molecule has 1 aliphatic carbocycles. The molecular weight excluding hydrogens is 346 g/mol. The molecule has 4 rings (SSSR count). The molecule has 148 valence electrons. The molecule has 0 radical (unpaired) electrons. The Kier molecular flexibility index (Phi) is 5.51. The highest BCUT2D eigenvalue weighted by Gasteiger charge is 2.48. The van der Waals surface area contributed by atoms with E-state index in [0.29, 0.717) is 11.8 Å². The SMILES string of the molecule is COC1(c2cccc3[nH]ncc23)C(C)CCCC1CN(C)Cc1ccccc1. The van der Waals surface area contributed by atoms with Crippen LogP contribution >= 0.6 is 0 Å². The molecule has 1 N–H and O–H groups in total. The van der Waals surface area contributed by atoms with Gasteiger partial charge in [0.2, 0.25) is 0 Å². The van der Waals surface area contributed by atoms with Gasteiger partial charge in [0.1, 0.15) is 0 Å². The van der Waals surface area contributed by atoms with Crippen molar-refractivity contribution in [3.63, 3.8) is 0 Å². The maximum atomic E-state index is 6.45. The molecule has 3 unspecified atom stereocenters. The lowest BCUT2D eigenvalue weighted by molar-refractivity contribution is -0.131. The molecule has 4 nitrogen and oxygen atoms in total. The Morgan fingerprint density at radius 1 is 1.14 bits per heavy atom. The number of benzene rings is 2. The summed E-state index contributed by atoms with van der Waals surface area (Å²) in [7, 11) is 4.12. The fraction of sp³-hybridized carbons (Fsp3) is 0.458. The van der Waals surface area contributed by atoms with Crippen LogP contribution in [0.2, 0.25) is 0 Å². The average molecular weight is 378 g/mol. The summed E-state index contributed by atoms with van der Waals surface area (Å²) in [6, 6.07) is 17.2. The van der Waals surface area contributed by atoms with Crippen molar-refractivity contribution >= 4 is 10.9 Å². The van der Waals surface area contributed by atoms with Gasteiger partial charge in [-0.3, -0.25) is 5.10 Å². The van der Waals surface area contributed by atoms with E-state index in [4.69, 9.17) is 4.74 Å². The number of aromatic amines is 1. The zero-order chi connectivity index (χ0) is 19.6. The van der Waals surface area contributed by atoms with Crippen LogP contribution in [0.3, 0.4) is 0 Å². The first-order chi connectivity index (χ1) is 13.6. The number of hydrogen-bond acceptors (Lipinski definition) is 3. The number of H-pyrrole nitrogens is 1. The number of nitrogens with one attached hydrogen (secondary N) is 1. The third-order valence-corrected chi connectivity index (χ3v) is 6.60. The third-order valence-electron chi connectivity index (χ3n) is 6.60. The van der Waals surface area contributed by atoms with E-state index in [1.54, 1.807) is 0 Å². The smallest absolute Gasteiger partial charge is 0.1000 e. The summed E-state index contributed by atoms with van der Waals surface area (Å²) in [5, 5.41) is 8.61. The molecule has 1 fully saturated rings. The fourth-order valence-corrected chi connectivity index (χ4v) is 5.34. The average Bonchev–Trinajstić information content (AvgIpc) is 3.18. The lowest BCUT2D eigenvalue weighted by Crippen LogP contribution is -2.49. The number of fused-ring (bicyclic) bond motifs is 1. The Balaban J connectivity index is 1.67. The molecule has 1 aromatic heterocycles. The predicted molar refractivity (Wildman–Crippen MR) is 114 cm³/mol. The van der Waals surface area contributed by atoms with Crippen LogP contribution in [-0.4, -0.2) is 35.8 Å². The molecule has 3 atom stereocenters. The van der Waals surface area contributed by atoms with Crippen LogP contribution in [0.5, 0.6) is 0 Å². The highest BCUT2D eigenvalue weighted by Crippen LogP contribution is 2.50. The molecule has 0 bridgehead atoms. The highest BCUT2D eigenvalue weighted by atomic mass is 16.5. The fourth-order valence-electron chi connectivity index (χ4n) is 5.34. The summed E-state index contributed by atoms with van der Waals surface area (Å²) in [4.78, 5) is 2.45. The minimum atomic E-state index is -0.285. The monoisotopic (exact) mass is 377 g/mol. The Bertz CT molecular complexity index is 906. The number of nitrogens with zero attached hydrogens (tertiary/aromatic N) is 2. The van der Waals surface area contributed by atoms with Crippen molar-refractivity contribution in [3.05, 3.63) is 65.9 Å². The number of rotatable bonds is 6. The molecule has 1 aliphatic rings. The van der Waals surface area contributed by atoms with E-state index < -0.39 is 0 Å². The summed E-state index contributed by atoms with van der Waals surface area (Å²) < 4.78 is 6.45. The summed E-state index contributed by atoms with van der Waals surface area (Å²) in [5.41, 5.74) is 3.44. The van der Waals surface area contributed by atoms with Crippen LogP contribution < -0.4 is 0 Å². The second-order valence-electron chi connectivity index (χ2n) is 8.35. The van der Waals surface area contributed by atoms with E-state index in [9.17, 15) is 0 Å². The molecule has 0 aliphatic heterocycles. The Morgan fingerprint density at radius 2 is 1.96 bits per heavy atom.